The number of rotatable bonds is 4. The minimum Gasteiger partial charge on any atom is -0.336 e. The summed E-state index contributed by atoms with van der Waals surface area (Å²) in [5, 5.41) is 9.91. The van der Waals surface area contributed by atoms with Gasteiger partial charge in [-0.1, -0.05) is 6.07 Å². The molecular weight excluding hydrogens is 342 g/mol. The van der Waals surface area contributed by atoms with E-state index < -0.39 is 0 Å². The molecule has 0 bridgehead atoms. The van der Waals surface area contributed by atoms with Crippen LogP contribution in [0.2, 0.25) is 0 Å². The number of carbonyl (C=O) groups excluding carboxylic acids is 2. The summed E-state index contributed by atoms with van der Waals surface area (Å²) in [6.45, 7) is 3.22. The molecule has 0 atom stereocenters. The van der Waals surface area contributed by atoms with E-state index in [2.05, 4.69) is 15.7 Å². The first-order valence-electron chi connectivity index (χ1n) is 8.69. The van der Waals surface area contributed by atoms with Crippen molar-refractivity contribution < 1.29 is 9.59 Å². The zero-order valence-corrected chi connectivity index (χ0v) is 14.8. The molecule has 0 saturated carbocycles. The number of carbonyl (C=O) groups is 2. The van der Waals surface area contributed by atoms with Gasteiger partial charge in [0.2, 0.25) is 0 Å². The van der Waals surface area contributed by atoms with Gasteiger partial charge in [0.25, 0.3) is 5.91 Å². The summed E-state index contributed by atoms with van der Waals surface area (Å²) in [6.07, 6.45) is 3.71. The van der Waals surface area contributed by atoms with Crippen molar-refractivity contribution in [3.63, 3.8) is 0 Å². The molecule has 1 aliphatic heterocycles. The van der Waals surface area contributed by atoms with E-state index in [1.807, 2.05) is 37.4 Å². The van der Waals surface area contributed by atoms with Gasteiger partial charge >= 0.3 is 6.03 Å². The van der Waals surface area contributed by atoms with Crippen molar-refractivity contribution in [1.29, 1.82) is 0 Å². The Morgan fingerprint density at radius 3 is 2.63 bits per heavy atom. The van der Waals surface area contributed by atoms with Gasteiger partial charge < -0.3 is 10.6 Å². The minimum absolute atomic E-state index is 0.122. The van der Waals surface area contributed by atoms with Gasteiger partial charge in [0.05, 0.1) is 11.9 Å². The van der Waals surface area contributed by atoms with Crippen LogP contribution in [0.25, 0.3) is 5.69 Å². The predicted octanol–water partition coefficient (Wildman–Crippen LogP) is 2.96. The van der Waals surface area contributed by atoms with Crippen LogP contribution in [0.5, 0.6) is 0 Å². The Morgan fingerprint density at radius 2 is 1.96 bits per heavy atom. The molecule has 7 heteroatoms. The van der Waals surface area contributed by atoms with Crippen LogP contribution in [0.1, 0.15) is 15.9 Å². The highest BCUT2D eigenvalue weighted by atomic mass is 16.2. The highest BCUT2D eigenvalue weighted by molar-refractivity contribution is 6.05. The normalized spacial score (nSPS) is 13.5. The average Bonchev–Trinajstić information content (AvgIpc) is 3.30. The van der Waals surface area contributed by atoms with E-state index in [-0.39, 0.29) is 11.9 Å². The standard InChI is InChI=1S/C20H19N5O2/c1-14-12-22-25(13-14)17-7-5-15(6-8-17)19(26)23-16-3-2-4-18(11-16)24-10-9-21-20(24)27/h2-8,11-13H,9-10H2,1H3,(H,21,27)(H,23,26). The second kappa shape index (κ2) is 6.95. The van der Waals surface area contributed by atoms with Crippen LogP contribution in [0.4, 0.5) is 16.2 Å². The van der Waals surface area contributed by atoms with Gasteiger partial charge in [-0.05, 0) is 55.0 Å². The lowest BCUT2D eigenvalue weighted by Crippen LogP contribution is -2.27. The van der Waals surface area contributed by atoms with Crippen LogP contribution in [0.15, 0.2) is 60.9 Å². The van der Waals surface area contributed by atoms with E-state index in [9.17, 15) is 9.59 Å². The van der Waals surface area contributed by atoms with Gasteiger partial charge in [0, 0.05) is 36.2 Å². The molecule has 1 fully saturated rings. The Labute approximate surface area is 156 Å². The molecule has 1 saturated heterocycles. The fourth-order valence-corrected chi connectivity index (χ4v) is 2.99. The third-order valence-electron chi connectivity index (χ3n) is 4.38. The molecule has 2 heterocycles. The number of nitrogens with zero attached hydrogens (tertiary/aromatic N) is 3. The monoisotopic (exact) mass is 361 g/mol. The number of hydrogen-bond donors (Lipinski definition) is 2. The number of hydrogen-bond acceptors (Lipinski definition) is 3. The molecular formula is C20H19N5O2. The number of benzene rings is 2. The van der Waals surface area contributed by atoms with Crippen LogP contribution >= 0.6 is 0 Å². The number of urea groups is 1. The van der Waals surface area contributed by atoms with Crippen molar-refractivity contribution in [2.45, 2.75) is 6.92 Å². The molecule has 1 aromatic heterocycles. The Morgan fingerprint density at radius 1 is 1.15 bits per heavy atom. The number of anilines is 2. The third-order valence-corrected chi connectivity index (χ3v) is 4.38. The number of aryl methyl sites for hydroxylation is 1. The van der Waals surface area contributed by atoms with Crippen LogP contribution in [0, 0.1) is 6.92 Å². The lowest BCUT2D eigenvalue weighted by atomic mass is 10.2. The van der Waals surface area contributed by atoms with E-state index in [4.69, 9.17) is 0 Å². The molecule has 7 nitrogen and oxygen atoms in total. The molecule has 4 rings (SSSR count). The zero-order chi connectivity index (χ0) is 18.8. The van der Waals surface area contributed by atoms with E-state index in [0.29, 0.717) is 24.3 Å². The predicted molar refractivity (Wildman–Crippen MR) is 103 cm³/mol. The Hall–Kier alpha value is -3.61. The van der Waals surface area contributed by atoms with Crippen LogP contribution in [0.3, 0.4) is 0 Å². The molecule has 1 aliphatic rings. The summed E-state index contributed by atoms with van der Waals surface area (Å²) in [4.78, 5) is 26.0. The molecule has 2 aromatic carbocycles. The molecule has 27 heavy (non-hydrogen) atoms. The maximum absolute atomic E-state index is 12.5. The molecule has 0 unspecified atom stereocenters. The van der Waals surface area contributed by atoms with Crippen molar-refractivity contribution in [2.75, 3.05) is 23.3 Å². The van der Waals surface area contributed by atoms with Crippen molar-refractivity contribution in [2.24, 2.45) is 0 Å². The van der Waals surface area contributed by atoms with Gasteiger partial charge in [0.1, 0.15) is 0 Å². The maximum atomic E-state index is 12.5. The Balaban J connectivity index is 1.48. The highest BCUT2D eigenvalue weighted by Gasteiger charge is 2.21. The summed E-state index contributed by atoms with van der Waals surface area (Å²) in [6, 6.07) is 14.4. The van der Waals surface area contributed by atoms with Crippen molar-refractivity contribution >= 4 is 23.3 Å². The molecule has 0 radical (unpaired) electrons. The van der Waals surface area contributed by atoms with Gasteiger partial charge in [-0.2, -0.15) is 5.10 Å². The van der Waals surface area contributed by atoms with Gasteiger partial charge in [-0.25, -0.2) is 9.48 Å². The first-order chi connectivity index (χ1) is 13.1. The summed E-state index contributed by atoms with van der Waals surface area (Å²) >= 11 is 0. The summed E-state index contributed by atoms with van der Waals surface area (Å²) in [7, 11) is 0. The first kappa shape index (κ1) is 16.8. The lowest BCUT2D eigenvalue weighted by molar-refractivity contribution is 0.102. The number of nitrogens with one attached hydrogen (secondary N) is 2. The van der Waals surface area contributed by atoms with Crippen LogP contribution in [-0.4, -0.2) is 34.8 Å². The first-order valence-corrected chi connectivity index (χ1v) is 8.69. The van der Waals surface area contributed by atoms with Crippen molar-refractivity contribution in [3.8, 4) is 5.69 Å². The molecule has 0 spiro atoms. The SMILES string of the molecule is Cc1cnn(-c2ccc(C(=O)Nc3cccc(N4CCNC4=O)c3)cc2)c1. The molecule has 2 N–H and O–H groups in total. The molecule has 0 aliphatic carbocycles. The largest absolute Gasteiger partial charge is 0.336 e. The van der Waals surface area contributed by atoms with E-state index >= 15 is 0 Å². The van der Waals surface area contributed by atoms with Crippen LogP contribution in [-0.2, 0) is 0 Å². The maximum Gasteiger partial charge on any atom is 0.321 e. The molecule has 3 aromatic rings. The van der Waals surface area contributed by atoms with Crippen LogP contribution < -0.4 is 15.5 Å². The van der Waals surface area contributed by atoms with E-state index in [1.54, 1.807) is 40.0 Å². The Bertz CT molecular complexity index is 994. The van der Waals surface area contributed by atoms with E-state index in [1.165, 1.54) is 0 Å². The molecule has 3 amide bonds. The fourth-order valence-electron chi connectivity index (χ4n) is 2.99. The van der Waals surface area contributed by atoms with Gasteiger partial charge in [-0.3, -0.25) is 9.69 Å². The molecule has 136 valence electrons. The summed E-state index contributed by atoms with van der Waals surface area (Å²) in [5.41, 5.74) is 3.91. The van der Waals surface area contributed by atoms with Crippen molar-refractivity contribution in [1.82, 2.24) is 15.1 Å². The van der Waals surface area contributed by atoms with Gasteiger partial charge in [0.15, 0.2) is 0 Å². The minimum atomic E-state index is -0.207. The lowest BCUT2D eigenvalue weighted by Gasteiger charge is -2.15. The smallest absolute Gasteiger partial charge is 0.321 e. The highest BCUT2D eigenvalue weighted by Crippen LogP contribution is 2.21. The summed E-state index contributed by atoms with van der Waals surface area (Å²) in [5.74, 6) is -0.207. The second-order valence-electron chi connectivity index (χ2n) is 6.40. The topological polar surface area (TPSA) is 79.3 Å². The fraction of sp³-hybridized carbons (Fsp3) is 0.150. The van der Waals surface area contributed by atoms with Crippen molar-refractivity contribution in [3.05, 3.63) is 72.1 Å². The summed E-state index contributed by atoms with van der Waals surface area (Å²) < 4.78 is 1.77. The zero-order valence-electron chi connectivity index (χ0n) is 14.8. The van der Waals surface area contributed by atoms with E-state index in [0.717, 1.165) is 16.9 Å². The van der Waals surface area contributed by atoms with Gasteiger partial charge in [-0.15, -0.1) is 0 Å². The second-order valence-corrected chi connectivity index (χ2v) is 6.40. The number of aromatic nitrogens is 2. The third kappa shape index (κ3) is 3.52. The quantitative estimate of drug-likeness (QED) is 0.750. The Kier molecular flexibility index (Phi) is 4.33. The number of amides is 3. The average molecular weight is 361 g/mol.